The smallest absolute Gasteiger partial charge is 0.333 e. The summed E-state index contributed by atoms with van der Waals surface area (Å²) in [7, 11) is 1.40. The number of halogens is 1. The van der Waals surface area contributed by atoms with Gasteiger partial charge in [0.2, 0.25) is 0 Å². The van der Waals surface area contributed by atoms with E-state index in [-0.39, 0.29) is 5.69 Å². The maximum atomic E-state index is 12.4. The Morgan fingerprint density at radius 3 is 2.60 bits per heavy atom. The Labute approximate surface area is 84.9 Å². The van der Waals surface area contributed by atoms with Gasteiger partial charge in [-0.15, -0.1) is 0 Å². The second-order valence-corrected chi connectivity index (χ2v) is 2.52. The zero-order valence-corrected chi connectivity index (χ0v) is 7.87. The second kappa shape index (κ2) is 4.89. The van der Waals surface area contributed by atoms with E-state index < -0.39 is 17.8 Å². The first kappa shape index (κ1) is 10.9. The molecule has 0 aliphatic heterocycles. The van der Waals surface area contributed by atoms with Crippen LogP contribution in [-0.4, -0.2) is 24.0 Å². The van der Waals surface area contributed by atoms with Gasteiger partial charge in [0.05, 0.1) is 6.20 Å². The van der Waals surface area contributed by atoms with E-state index in [2.05, 4.69) is 21.2 Å². The summed E-state index contributed by atoms with van der Waals surface area (Å²) in [6.45, 7) is 0. The molecule has 0 aromatic carbocycles. The molecule has 15 heavy (non-hydrogen) atoms. The van der Waals surface area contributed by atoms with Gasteiger partial charge in [-0.25, -0.2) is 19.6 Å². The number of carbonyl (C=O) groups excluding carboxylic acids is 2. The molecule has 3 N–H and O–H groups in total. The van der Waals surface area contributed by atoms with Crippen LogP contribution in [0.1, 0.15) is 10.5 Å². The molecule has 0 atom stereocenters. The van der Waals surface area contributed by atoms with Gasteiger partial charge in [0.25, 0.3) is 5.91 Å². The number of rotatable bonds is 1. The van der Waals surface area contributed by atoms with E-state index >= 15 is 0 Å². The fraction of sp³-hybridized carbons (Fsp3) is 0.125. The van der Waals surface area contributed by atoms with Gasteiger partial charge in [0, 0.05) is 7.05 Å². The van der Waals surface area contributed by atoms with Crippen molar-refractivity contribution in [1.29, 1.82) is 0 Å². The molecular formula is C8H9FN4O2. The zero-order valence-electron chi connectivity index (χ0n) is 7.87. The van der Waals surface area contributed by atoms with Crippen LogP contribution in [0.25, 0.3) is 0 Å². The number of amides is 3. The summed E-state index contributed by atoms with van der Waals surface area (Å²) in [5.74, 6) is -1.16. The quantitative estimate of drug-likeness (QED) is 0.563. The van der Waals surface area contributed by atoms with Crippen LogP contribution in [0, 0.1) is 5.82 Å². The first-order valence-electron chi connectivity index (χ1n) is 4.03. The summed E-state index contributed by atoms with van der Waals surface area (Å²) in [6, 6.07) is 1.74. The highest BCUT2D eigenvalue weighted by molar-refractivity contribution is 5.93. The largest absolute Gasteiger partial charge is 0.340 e. The Morgan fingerprint density at radius 1 is 1.33 bits per heavy atom. The Bertz CT molecular complexity index is 365. The molecule has 7 heteroatoms. The van der Waals surface area contributed by atoms with Crippen molar-refractivity contribution in [3.63, 3.8) is 0 Å². The van der Waals surface area contributed by atoms with E-state index in [1.54, 1.807) is 0 Å². The van der Waals surface area contributed by atoms with Crippen LogP contribution in [0.15, 0.2) is 18.3 Å². The molecule has 0 bridgehead atoms. The summed E-state index contributed by atoms with van der Waals surface area (Å²) in [4.78, 5) is 25.4. The Kier molecular flexibility index (Phi) is 3.55. The fourth-order valence-electron chi connectivity index (χ4n) is 0.750. The van der Waals surface area contributed by atoms with E-state index in [4.69, 9.17) is 0 Å². The number of nitrogens with one attached hydrogen (secondary N) is 3. The molecule has 3 amide bonds. The van der Waals surface area contributed by atoms with E-state index in [1.165, 1.54) is 13.1 Å². The molecule has 1 aromatic rings. The van der Waals surface area contributed by atoms with Gasteiger partial charge in [-0.2, -0.15) is 0 Å². The normalized spacial score (nSPS) is 9.20. The van der Waals surface area contributed by atoms with E-state index in [9.17, 15) is 14.0 Å². The number of urea groups is 1. The first-order valence-corrected chi connectivity index (χ1v) is 4.03. The van der Waals surface area contributed by atoms with Crippen LogP contribution in [-0.2, 0) is 0 Å². The SMILES string of the molecule is CNC(=O)NNC(=O)c1ccc(F)cn1. The monoisotopic (exact) mass is 212 g/mol. The number of pyridine rings is 1. The lowest BCUT2D eigenvalue weighted by molar-refractivity contribution is 0.0931. The fourth-order valence-corrected chi connectivity index (χ4v) is 0.750. The van der Waals surface area contributed by atoms with Crippen molar-refractivity contribution in [3.8, 4) is 0 Å². The minimum atomic E-state index is -0.626. The number of hydrogen-bond donors (Lipinski definition) is 3. The van der Waals surface area contributed by atoms with E-state index in [0.717, 1.165) is 12.3 Å². The van der Waals surface area contributed by atoms with Gasteiger partial charge >= 0.3 is 6.03 Å². The van der Waals surface area contributed by atoms with Crippen molar-refractivity contribution in [2.45, 2.75) is 0 Å². The maximum Gasteiger partial charge on any atom is 0.333 e. The molecule has 80 valence electrons. The summed E-state index contributed by atoms with van der Waals surface area (Å²) in [6.07, 6.45) is 0.912. The van der Waals surface area contributed by atoms with Crippen LogP contribution in [0.2, 0.25) is 0 Å². The Hall–Kier alpha value is -2.18. The maximum absolute atomic E-state index is 12.4. The van der Waals surface area contributed by atoms with Crippen LogP contribution in [0.5, 0.6) is 0 Å². The summed E-state index contributed by atoms with van der Waals surface area (Å²) >= 11 is 0. The highest BCUT2D eigenvalue weighted by Crippen LogP contribution is 1.97. The molecule has 0 unspecified atom stereocenters. The van der Waals surface area contributed by atoms with E-state index in [1.807, 2.05) is 0 Å². The average molecular weight is 212 g/mol. The zero-order chi connectivity index (χ0) is 11.3. The first-order chi connectivity index (χ1) is 7.13. The predicted molar refractivity (Wildman–Crippen MR) is 49.3 cm³/mol. The number of hydrogen-bond acceptors (Lipinski definition) is 3. The molecule has 0 aliphatic carbocycles. The summed E-state index contributed by atoms with van der Waals surface area (Å²) < 4.78 is 12.4. The minimum absolute atomic E-state index is 0.00723. The molecule has 6 nitrogen and oxygen atoms in total. The molecule has 1 aromatic heterocycles. The third-order valence-corrected chi connectivity index (χ3v) is 1.48. The van der Waals surface area contributed by atoms with Gasteiger partial charge in [0.1, 0.15) is 11.5 Å². The Balaban J connectivity index is 2.54. The molecule has 1 heterocycles. The molecule has 0 aliphatic rings. The van der Waals surface area contributed by atoms with Gasteiger partial charge < -0.3 is 5.32 Å². The lowest BCUT2D eigenvalue weighted by Crippen LogP contribution is -2.46. The van der Waals surface area contributed by atoms with Crippen LogP contribution in [0.3, 0.4) is 0 Å². The molecule has 0 spiro atoms. The molecular weight excluding hydrogens is 203 g/mol. The third-order valence-electron chi connectivity index (χ3n) is 1.48. The lowest BCUT2D eigenvalue weighted by Gasteiger charge is -2.05. The van der Waals surface area contributed by atoms with Crippen molar-refractivity contribution in [2.75, 3.05) is 7.05 Å². The molecule has 0 radical (unpaired) electrons. The lowest BCUT2D eigenvalue weighted by atomic mass is 10.3. The topological polar surface area (TPSA) is 83.1 Å². The molecule has 1 rings (SSSR count). The number of nitrogens with zero attached hydrogens (tertiary/aromatic N) is 1. The van der Waals surface area contributed by atoms with Crippen molar-refractivity contribution in [2.24, 2.45) is 0 Å². The predicted octanol–water partition coefficient (Wildman–Crippen LogP) is -0.206. The van der Waals surface area contributed by atoms with Gasteiger partial charge in [-0.05, 0) is 12.1 Å². The summed E-state index contributed by atoms with van der Waals surface area (Å²) in [5, 5.41) is 2.24. The Morgan fingerprint density at radius 2 is 2.07 bits per heavy atom. The third kappa shape index (κ3) is 3.22. The van der Waals surface area contributed by atoms with Gasteiger partial charge in [-0.3, -0.25) is 10.2 Å². The van der Waals surface area contributed by atoms with Crippen molar-refractivity contribution >= 4 is 11.9 Å². The number of carbonyl (C=O) groups is 2. The second-order valence-electron chi connectivity index (χ2n) is 2.52. The van der Waals surface area contributed by atoms with Crippen LogP contribution < -0.4 is 16.2 Å². The molecule has 0 saturated heterocycles. The van der Waals surface area contributed by atoms with Crippen molar-refractivity contribution < 1.29 is 14.0 Å². The van der Waals surface area contributed by atoms with Crippen molar-refractivity contribution in [3.05, 3.63) is 29.8 Å². The standard InChI is InChI=1S/C8H9FN4O2/c1-10-8(15)13-12-7(14)6-3-2-5(9)4-11-6/h2-4H,1H3,(H,12,14)(H2,10,13,15). The molecule has 0 fully saturated rings. The highest BCUT2D eigenvalue weighted by atomic mass is 19.1. The number of aromatic nitrogens is 1. The molecule has 0 saturated carbocycles. The van der Waals surface area contributed by atoms with Crippen LogP contribution in [0.4, 0.5) is 9.18 Å². The summed E-state index contributed by atoms with van der Waals surface area (Å²) in [5.41, 5.74) is 4.15. The van der Waals surface area contributed by atoms with Gasteiger partial charge in [-0.1, -0.05) is 0 Å². The number of hydrazine groups is 1. The van der Waals surface area contributed by atoms with Gasteiger partial charge in [0.15, 0.2) is 0 Å². The minimum Gasteiger partial charge on any atom is -0.340 e. The van der Waals surface area contributed by atoms with Crippen LogP contribution >= 0.6 is 0 Å². The highest BCUT2D eigenvalue weighted by Gasteiger charge is 2.07. The average Bonchev–Trinajstić information content (AvgIpc) is 2.26. The van der Waals surface area contributed by atoms with E-state index in [0.29, 0.717) is 0 Å². The van der Waals surface area contributed by atoms with Crippen molar-refractivity contribution in [1.82, 2.24) is 21.2 Å².